The van der Waals surface area contributed by atoms with E-state index in [4.69, 9.17) is 0 Å². The highest BCUT2D eigenvalue weighted by molar-refractivity contribution is 5.55. The van der Waals surface area contributed by atoms with Gasteiger partial charge in [0.05, 0.1) is 5.69 Å². The Balaban J connectivity index is 2.19. The number of imidazole rings is 1. The first-order chi connectivity index (χ1) is 7.43. The highest BCUT2D eigenvalue weighted by Gasteiger charge is 2.01. The molecule has 0 amide bonds. The third kappa shape index (κ3) is 1.36. The van der Waals surface area contributed by atoms with Crippen LogP contribution in [0.5, 0.6) is 0 Å². The van der Waals surface area contributed by atoms with Crippen LogP contribution in [0.15, 0.2) is 48.9 Å². The molecule has 0 N–H and O–H groups in total. The van der Waals surface area contributed by atoms with Crippen molar-refractivity contribution in [1.29, 1.82) is 0 Å². The Morgan fingerprint density at radius 3 is 2.73 bits per heavy atom. The van der Waals surface area contributed by atoms with Crippen molar-refractivity contribution < 1.29 is 0 Å². The summed E-state index contributed by atoms with van der Waals surface area (Å²) < 4.78 is 1.74. The molecule has 0 saturated heterocycles. The first kappa shape index (κ1) is 8.11. The molecule has 0 unspecified atom stereocenters. The number of nitrogens with zero attached hydrogens (tertiary/aromatic N) is 4. The maximum atomic E-state index is 4.40. The van der Waals surface area contributed by atoms with Gasteiger partial charge < -0.3 is 0 Å². The van der Waals surface area contributed by atoms with Crippen molar-refractivity contribution in [3.63, 3.8) is 0 Å². The molecule has 72 valence electrons. The van der Waals surface area contributed by atoms with Crippen molar-refractivity contribution in [2.45, 2.75) is 0 Å². The summed E-state index contributed by atoms with van der Waals surface area (Å²) in [4.78, 5) is 8.38. The molecule has 3 rings (SSSR count). The molecule has 3 aromatic rings. The average molecular weight is 196 g/mol. The smallest absolute Gasteiger partial charge is 0.153 e. The lowest BCUT2D eigenvalue weighted by Crippen LogP contribution is -1.94. The van der Waals surface area contributed by atoms with Crippen LogP contribution in [0.4, 0.5) is 0 Å². The van der Waals surface area contributed by atoms with Gasteiger partial charge in [0.25, 0.3) is 0 Å². The van der Waals surface area contributed by atoms with E-state index in [1.165, 1.54) is 0 Å². The quantitative estimate of drug-likeness (QED) is 0.596. The molecule has 0 radical (unpaired) electrons. The van der Waals surface area contributed by atoms with Crippen LogP contribution in [-0.2, 0) is 0 Å². The number of hydrogen-bond donors (Lipinski definition) is 0. The minimum atomic E-state index is 0.842. The monoisotopic (exact) mass is 196 g/mol. The van der Waals surface area contributed by atoms with E-state index in [1.807, 2.05) is 36.5 Å². The Morgan fingerprint density at radius 1 is 0.867 bits per heavy atom. The van der Waals surface area contributed by atoms with Gasteiger partial charge in [0.2, 0.25) is 0 Å². The second kappa shape index (κ2) is 3.16. The van der Waals surface area contributed by atoms with Crippen molar-refractivity contribution in [2.24, 2.45) is 0 Å². The largest absolute Gasteiger partial charge is 0.255 e. The Kier molecular flexibility index (Phi) is 1.71. The van der Waals surface area contributed by atoms with Crippen molar-refractivity contribution >= 4 is 5.65 Å². The lowest BCUT2D eigenvalue weighted by atomic mass is 10.2. The van der Waals surface area contributed by atoms with E-state index in [0.717, 1.165) is 17.0 Å². The van der Waals surface area contributed by atoms with Gasteiger partial charge in [-0.2, -0.15) is 5.10 Å². The van der Waals surface area contributed by atoms with Gasteiger partial charge >= 0.3 is 0 Å². The summed E-state index contributed by atoms with van der Waals surface area (Å²) in [6.07, 6.45) is 5.31. The van der Waals surface area contributed by atoms with E-state index in [1.54, 1.807) is 16.9 Å². The maximum absolute atomic E-state index is 4.40. The fourth-order valence-electron chi connectivity index (χ4n) is 1.47. The summed E-state index contributed by atoms with van der Waals surface area (Å²) in [7, 11) is 0. The number of rotatable bonds is 1. The molecule has 0 bridgehead atoms. The van der Waals surface area contributed by atoms with E-state index >= 15 is 0 Å². The summed E-state index contributed by atoms with van der Waals surface area (Å²) >= 11 is 0. The zero-order valence-corrected chi connectivity index (χ0v) is 7.91. The van der Waals surface area contributed by atoms with Gasteiger partial charge in [-0.05, 0) is 24.3 Å². The van der Waals surface area contributed by atoms with Crippen molar-refractivity contribution in [2.75, 3.05) is 0 Å². The highest BCUT2D eigenvalue weighted by Crippen LogP contribution is 2.13. The van der Waals surface area contributed by atoms with Gasteiger partial charge in [0.1, 0.15) is 5.69 Å². The Labute approximate surface area is 86.2 Å². The van der Waals surface area contributed by atoms with Crippen LogP contribution < -0.4 is 0 Å². The Morgan fingerprint density at radius 2 is 1.87 bits per heavy atom. The van der Waals surface area contributed by atoms with Crippen molar-refractivity contribution in [3.05, 3.63) is 48.9 Å². The van der Waals surface area contributed by atoms with Crippen LogP contribution in [-0.4, -0.2) is 19.6 Å². The fourth-order valence-corrected chi connectivity index (χ4v) is 1.47. The summed E-state index contributed by atoms with van der Waals surface area (Å²) in [6.45, 7) is 0. The summed E-state index contributed by atoms with van der Waals surface area (Å²) in [5.74, 6) is 0. The molecule has 4 heteroatoms. The SMILES string of the molecule is c1ccc(-c2ccc3nccn3n2)nc1. The first-order valence-electron chi connectivity index (χ1n) is 4.65. The van der Waals surface area contributed by atoms with E-state index < -0.39 is 0 Å². The van der Waals surface area contributed by atoms with Gasteiger partial charge in [0.15, 0.2) is 5.65 Å². The molecule has 0 fully saturated rings. The number of pyridine rings is 1. The van der Waals surface area contributed by atoms with Gasteiger partial charge in [-0.3, -0.25) is 4.98 Å². The maximum Gasteiger partial charge on any atom is 0.153 e. The lowest BCUT2D eigenvalue weighted by Gasteiger charge is -1.99. The van der Waals surface area contributed by atoms with Crippen LogP contribution >= 0.6 is 0 Å². The van der Waals surface area contributed by atoms with E-state index in [2.05, 4.69) is 15.1 Å². The standard InChI is InChI=1S/C11H8N4/c1-2-6-12-9(3-1)10-4-5-11-13-7-8-15(11)14-10/h1-8H. The topological polar surface area (TPSA) is 43.1 Å². The van der Waals surface area contributed by atoms with Crippen LogP contribution in [0.1, 0.15) is 0 Å². The second-order valence-electron chi connectivity index (χ2n) is 3.16. The van der Waals surface area contributed by atoms with E-state index in [-0.39, 0.29) is 0 Å². The molecule has 3 heterocycles. The molecule has 0 aliphatic carbocycles. The lowest BCUT2D eigenvalue weighted by molar-refractivity contribution is 0.938. The van der Waals surface area contributed by atoms with Crippen molar-refractivity contribution in [3.8, 4) is 11.4 Å². The minimum Gasteiger partial charge on any atom is -0.255 e. The Hall–Kier alpha value is -2.23. The summed E-state index contributed by atoms with van der Waals surface area (Å²) in [5, 5.41) is 4.40. The van der Waals surface area contributed by atoms with E-state index in [0.29, 0.717) is 0 Å². The predicted molar refractivity (Wildman–Crippen MR) is 56.2 cm³/mol. The molecule has 0 aliphatic rings. The zero-order chi connectivity index (χ0) is 10.1. The fraction of sp³-hybridized carbons (Fsp3) is 0. The molecular formula is C11H8N4. The third-order valence-corrected chi connectivity index (χ3v) is 2.18. The number of hydrogen-bond acceptors (Lipinski definition) is 3. The van der Waals surface area contributed by atoms with Crippen LogP contribution in [0, 0.1) is 0 Å². The molecule has 0 aliphatic heterocycles. The normalized spacial score (nSPS) is 10.7. The third-order valence-electron chi connectivity index (χ3n) is 2.18. The zero-order valence-electron chi connectivity index (χ0n) is 7.91. The molecule has 4 nitrogen and oxygen atoms in total. The molecule has 0 atom stereocenters. The van der Waals surface area contributed by atoms with Gasteiger partial charge in [-0.25, -0.2) is 9.50 Å². The first-order valence-corrected chi connectivity index (χ1v) is 4.65. The van der Waals surface area contributed by atoms with Gasteiger partial charge in [-0.1, -0.05) is 6.07 Å². The predicted octanol–water partition coefficient (Wildman–Crippen LogP) is 1.79. The minimum absolute atomic E-state index is 0.842. The van der Waals surface area contributed by atoms with Crippen molar-refractivity contribution in [1.82, 2.24) is 19.6 Å². The highest BCUT2D eigenvalue weighted by atomic mass is 15.2. The Bertz CT molecular complexity index is 586. The molecule has 0 aromatic carbocycles. The molecule has 0 spiro atoms. The number of aromatic nitrogens is 4. The van der Waals surface area contributed by atoms with Crippen LogP contribution in [0.2, 0.25) is 0 Å². The molecular weight excluding hydrogens is 188 g/mol. The molecule has 15 heavy (non-hydrogen) atoms. The van der Waals surface area contributed by atoms with Gasteiger partial charge in [-0.15, -0.1) is 0 Å². The van der Waals surface area contributed by atoms with Gasteiger partial charge in [0, 0.05) is 18.6 Å². The summed E-state index contributed by atoms with van der Waals surface area (Å²) in [5.41, 5.74) is 2.56. The number of fused-ring (bicyclic) bond motifs is 1. The average Bonchev–Trinajstić information content (AvgIpc) is 2.77. The van der Waals surface area contributed by atoms with Crippen LogP contribution in [0.25, 0.3) is 17.0 Å². The van der Waals surface area contributed by atoms with Crippen LogP contribution in [0.3, 0.4) is 0 Å². The molecule has 0 saturated carbocycles. The summed E-state index contributed by atoms with van der Waals surface area (Å²) in [6, 6.07) is 9.62. The van der Waals surface area contributed by atoms with E-state index in [9.17, 15) is 0 Å². The molecule has 3 aromatic heterocycles. The second-order valence-corrected chi connectivity index (χ2v) is 3.16.